The summed E-state index contributed by atoms with van der Waals surface area (Å²) in [7, 11) is 0. The van der Waals surface area contributed by atoms with Gasteiger partial charge in [-0.05, 0) is 30.4 Å². The van der Waals surface area contributed by atoms with Crippen LogP contribution in [0, 0.1) is 6.92 Å². The van der Waals surface area contributed by atoms with E-state index in [2.05, 4.69) is 15.3 Å². The van der Waals surface area contributed by atoms with Crippen LogP contribution in [0.1, 0.15) is 35.7 Å². The quantitative estimate of drug-likeness (QED) is 0.827. The van der Waals surface area contributed by atoms with Crippen LogP contribution in [0.4, 0.5) is 0 Å². The van der Waals surface area contributed by atoms with Crippen LogP contribution >= 0.6 is 11.3 Å². The number of amides is 1. The molecule has 0 spiro atoms. The minimum atomic E-state index is -0.198. The average Bonchev–Trinajstić information content (AvgIpc) is 3.17. The summed E-state index contributed by atoms with van der Waals surface area (Å²) in [6.07, 6.45) is 1.76. The number of carbonyl (C=O) groups excluding carboxylic acids is 2. The fraction of sp³-hybridized carbons (Fsp3) is 0.333. The van der Waals surface area contributed by atoms with Crippen molar-refractivity contribution in [1.29, 1.82) is 0 Å². The average molecular weight is 357 g/mol. The molecule has 0 aromatic carbocycles. The second-order valence-electron chi connectivity index (χ2n) is 5.96. The Morgan fingerprint density at radius 3 is 2.92 bits per heavy atom. The van der Waals surface area contributed by atoms with Crippen LogP contribution in [0.25, 0.3) is 5.57 Å². The number of thiophene rings is 1. The van der Waals surface area contributed by atoms with Gasteiger partial charge in [0.25, 0.3) is 5.56 Å². The maximum atomic E-state index is 12.2. The van der Waals surface area contributed by atoms with Crippen molar-refractivity contribution < 1.29 is 9.59 Å². The monoisotopic (exact) mass is 357 g/mol. The molecule has 0 atom stereocenters. The Morgan fingerprint density at radius 2 is 2.20 bits per heavy atom. The number of Topliss-reactive ketones (excluding diaryl/α,β-unsaturated/α-hetero) is 1. The van der Waals surface area contributed by atoms with Crippen molar-refractivity contribution in [3.8, 4) is 0 Å². The summed E-state index contributed by atoms with van der Waals surface area (Å²) in [5, 5.41) is 4.78. The van der Waals surface area contributed by atoms with E-state index in [4.69, 9.17) is 0 Å². The van der Waals surface area contributed by atoms with Crippen LogP contribution in [0.15, 0.2) is 33.9 Å². The lowest BCUT2D eigenvalue weighted by atomic mass is 10.1. The summed E-state index contributed by atoms with van der Waals surface area (Å²) in [6, 6.07) is 5.36. The van der Waals surface area contributed by atoms with Gasteiger partial charge < -0.3 is 10.3 Å². The van der Waals surface area contributed by atoms with Gasteiger partial charge in [-0.3, -0.25) is 14.4 Å². The third-order valence-corrected chi connectivity index (χ3v) is 5.00. The molecule has 2 N–H and O–H groups in total. The Labute approximate surface area is 149 Å². The zero-order chi connectivity index (χ0) is 17.8. The number of H-pyrrole nitrogens is 1. The molecular formula is C18H19N3O3S. The molecule has 2 aromatic rings. The van der Waals surface area contributed by atoms with Crippen LogP contribution < -0.4 is 10.9 Å². The van der Waals surface area contributed by atoms with E-state index in [1.54, 1.807) is 18.3 Å². The molecule has 7 heteroatoms. The van der Waals surface area contributed by atoms with Crippen LogP contribution in [-0.4, -0.2) is 28.2 Å². The van der Waals surface area contributed by atoms with Gasteiger partial charge in [-0.1, -0.05) is 6.07 Å². The maximum Gasteiger partial charge on any atom is 0.251 e. The third kappa shape index (κ3) is 4.30. The highest BCUT2D eigenvalue weighted by Crippen LogP contribution is 2.35. The summed E-state index contributed by atoms with van der Waals surface area (Å²) in [6.45, 7) is 2.10. The molecule has 1 aliphatic rings. The minimum Gasteiger partial charge on any atom is -0.355 e. The molecule has 130 valence electrons. The van der Waals surface area contributed by atoms with E-state index in [1.165, 1.54) is 6.07 Å². The highest BCUT2D eigenvalue weighted by atomic mass is 32.1. The van der Waals surface area contributed by atoms with E-state index in [9.17, 15) is 14.4 Å². The first kappa shape index (κ1) is 17.3. The normalized spacial score (nSPS) is 14.2. The molecule has 0 saturated carbocycles. The van der Waals surface area contributed by atoms with Crippen LogP contribution in [0.3, 0.4) is 0 Å². The number of allylic oxidation sites excluding steroid dienone is 1. The topological polar surface area (TPSA) is 91.9 Å². The Balaban J connectivity index is 1.59. The predicted octanol–water partition coefficient (Wildman–Crippen LogP) is 2.01. The number of rotatable bonds is 6. The summed E-state index contributed by atoms with van der Waals surface area (Å²) in [5.41, 5.74) is 2.07. The predicted molar refractivity (Wildman–Crippen MR) is 96.4 cm³/mol. The highest BCUT2D eigenvalue weighted by Gasteiger charge is 2.26. The van der Waals surface area contributed by atoms with Crippen molar-refractivity contribution in [3.05, 3.63) is 55.9 Å². The first-order valence-corrected chi connectivity index (χ1v) is 9.03. The second kappa shape index (κ2) is 7.57. The summed E-state index contributed by atoms with van der Waals surface area (Å²) in [5.74, 6) is 0.433. The van der Waals surface area contributed by atoms with Gasteiger partial charge in [-0.2, -0.15) is 0 Å². The van der Waals surface area contributed by atoms with Gasteiger partial charge >= 0.3 is 0 Å². The summed E-state index contributed by atoms with van der Waals surface area (Å²) >= 11 is 1.59. The molecule has 0 aliphatic heterocycles. The van der Waals surface area contributed by atoms with E-state index in [-0.39, 0.29) is 23.7 Å². The molecule has 0 bridgehead atoms. The molecule has 6 nitrogen and oxygen atoms in total. The van der Waals surface area contributed by atoms with E-state index >= 15 is 0 Å². The largest absolute Gasteiger partial charge is 0.355 e. The van der Waals surface area contributed by atoms with Gasteiger partial charge in [0.15, 0.2) is 5.78 Å². The van der Waals surface area contributed by atoms with Crippen molar-refractivity contribution in [3.63, 3.8) is 0 Å². The van der Waals surface area contributed by atoms with Gasteiger partial charge in [0, 0.05) is 41.6 Å². The molecule has 2 aromatic heterocycles. The second-order valence-corrected chi connectivity index (χ2v) is 6.90. The van der Waals surface area contributed by atoms with Crippen LogP contribution in [-0.2, 0) is 16.0 Å². The number of nitrogens with zero attached hydrogens (tertiary/aromatic N) is 1. The van der Waals surface area contributed by atoms with Gasteiger partial charge in [0.1, 0.15) is 5.82 Å². The van der Waals surface area contributed by atoms with Crippen molar-refractivity contribution in [2.24, 2.45) is 0 Å². The first-order chi connectivity index (χ1) is 12.0. The fourth-order valence-electron chi connectivity index (χ4n) is 2.96. The number of carbonyl (C=O) groups is 2. The van der Waals surface area contributed by atoms with Crippen molar-refractivity contribution >= 4 is 28.6 Å². The van der Waals surface area contributed by atoms with Crippen LogP contribution in [0.2, 0.25) is 0 Å². The molecular weight excluding hydrogens is 338 g/mol. The number of ketones is 1. The molecule has 0 saturated heterocycles. The number of nitrogens with one attached hydrogen (secondary N) is 2. The number of hydrogen-bond donors (Lipinski definition) is 2. The lowest BCUT2D eigenvalue weighted by molar-refractivity contribution is -0.122. The third-order valence-electron chi connectivity index (χ3n) is 4.08. The van der Waals surface area contributed by atoms with Gasteiger partial charge in [-0.15, -0.1) is 11.3 Å². The van der Waals surface area contributed by atoms with Gasteiger partial charge in [0.05, 0.1) is 6.42 Å². The molecule has 0 unspecified atom stereocenters. The zero-order valence-corrected chi connectivity index (χ0v) is 14.7. The van der Waals surface area contributed by atoms with Crippen molar-refractivity contribution in [2.75, 3.05) is 6.54 Å². The number of aromatic amines is 1. The fourth-order valence-corrected chi connectivity index (χ4v) is 3.79. The molecule has 1 aliphatic carbocycles. The Kier molecular flexibility index (Phi) is 5.23. The smallest absolute Gasteiger partial charge is 0.251 e. The summed E-state index contributed by atoms with van der Waals surface area (Å²) < 4.78 is 0. The first-order valence-electron chi connectivity index (χ1n) is 8.15. The van der Waals surface area contributed by atoms with Gasteiger partial charge in [0.2, 0.25) is 5.91 Å². The van der Waals surface area contributed by atoms with Crippen LogP contribution in [0.5, 0.6) is 0 Å². The summed E-state index contributed by atoms with van der Waals surface area (Å²) in [4.78, 5) is 43.6. The molecule has 25 heavy (non-hydrogen) atoms. The molecule has 1 amide bonds. The lowest BCUT2D eigenvalue weighted by Crippen LogP contribution is -2.27. The molecule has 3 rings (SSSR count). The Bertz CT molecular complexity index is 881. The van der Waals surface area contributed by atoms with E-state index in [0.717, 1.165) is 10.5 Å². The highest BCUT2D eigenvalue weighted by molar-refractivity contribution is 7.11. The Morgan fingerprint density at radius 1 is 1.36 bits per heavy atom. The lowest BCUT2D eigenvalue weighted by Gasteiger charge is -2.07. The molecule has 0 radical (unpaired) electrons. The molecule has 2 heterocycles. The SMILES string of the molecule is Cc1nc(CCNC(=O)CC2=C(c3cccs3)CCC2=O)cc(=O)[nH]1. The minimum absolute atomic E-state index is 0.0606. The zero-order valence-electron chi connectivity index (χ0n) is 13.9. The Hall–Kier alpha value is -2.54. The molecule has 0 fully saturated rings. The van der Waals surface area contributed by atoms with Crippen molar-refractivity contribution in [2.45, 2.75) is 32.6 Å². The maximum absolute atomic E-state index is 12.2. The number of aryl methyl sites for hydroxylation is 1. The van der Waals surface area contributed by atoms with E-state index in [1.807, 2.05) is 17.5 Å². The number of aromatic nitrogens is 2. The van der Waals surface area contributed by atoms with E-state index in [0.29, 0.717) is 42.9 Å². The van der Waals surface area contributed by atoms with E-state index < -0.39 is 0 Å². The number of hydrogen-bond acceptors (Lipinski definition) is 5. The van der Waals surface area contributed by atoms with Gasteiger partial charge in [-0.25, -0.2) is 4.98 Å². The standard InChI is InChI=1S/C18H19N3O3S/c1-11-20-12(9-18(24)21-11)6-7-19-17(23)10-14-13(4-5-15(14)22)16-3-2-8-25-16/h2-3,8-9H,4-7,10H2,1H3,(H,19,23)(H,20,21,24). The van der Waals surface area contributed by atoms with Crippen molar-refractivity contribution in [1.82, 2.24) is 15.3 Å².